The number of hydrogen-bond donors (Lipinski definition) is 2. The van der Waals surface area contributed by atoms with Crippen LogP contribution in [0, 0.1) is 18.3 Å². The molecule has 2 heterocycles. The fourth-order valence-electron chi connectivity index (χ4n) is 2.43. The lowest BCUT2D eigenvalue weighted by molar-refractivity contribution is 0.499. The standard InChI is InChI=1S/C14H23N5/c1-9(2)14-17-10(3)7-12(18-14)19-6-4-5-11(8-19)13(15)16/h7,9,11H,4-6,8H2,1-3H3,(H3,15,16). The topological polar surface area (TPSA) is 78.9 Å². The third-order valence-electron chi connectivity index (χ3n) is 3.56. The normalized spacial score (nSPS) is 19.8. The van der Waals surface area contributed by atoms with Crippen LogP contribution in [0.2, 0.25) is 0 Å². The van der Waals surface area contributed by atoms with Crippen LogP contribution in [0.25, 0.3) is 0 Å². The van der Waals surface area contributed by atoms with Gasteiger partial charge < -0.3 is 10.6 Å². The minimum absolute atomic E-state index is 0.159. The van der Waals surface area contributed by atoms with Crippen LogP contribution in [-0.4, -0.2) is 28.9 Å². The average molecular weight is 261 g/mol. The fourth-order valence-corrected chi connectivity index (χ4v) is 2.43. The van der Waals surface area contributed by atoms with E-state index in [9.17, 15) is 0 Å². The highest BCUT2D eigenvalue weighted by Gasteiger charge is 2.23. The van der Waals surface area contributed by atoms with Gasteiger partial charge in [-0.1, -0.05) is 13.8 Å². The molecule has 104 valence electrons. The fraction of sp³-hybridized carbons (Fsp3) is 0.643. The van der Waals surface area contributed by atoms with E-state index in [0.29, 0.717) is 11.8 Å². The molecule has 1 saturated heterocycles. The molecule has 1 aromatic heterocycles. The number of piperidine rings is 1. The van der Waals surface area contributed by atoms with Crippen molar-refractivity contribution in [3.05, 3.63) is 17.6 Å². The molecule has 0 saturated carbocycles. The number of anilines is 1. The summed E-state index contributed by atoms with van der Waals surface area (Å²) in [6.45, 7) is 7.99. The molecule has 5 heteroatoms. The molecule has 1 fully saturated rings. The van der Waals surface area contributed by atoms with Gasteiger partial charge in [0.15, 0.2) is 0 Å². The molecule has 19 heavy (non-hydrogen) atoms. The Labute approximate surface area is 114 Å². The maximum Gasteiger partial charge on any atom is 0.133 e. The lowest BCUT2D eigenvalue weighted by atomic mass is 9.97. The van der Waals surface area contributed by atoms with Gasteiger partial charge >= 0.3 is 0 Å². The molecule has 0 aliphatic carbocycles. The Bertz CT molecular complexity index is 469. The monoisotopic (exact) mass is 261 g/mol. The van der Waals surface area contributed by atoms with Crippen LogP contribution < -0.4 is 10.6 Å². The maximum atomic E-state index is 7.61. The van der Waals surface area contributed by atoms with Crippen molar-refractivity contribution in [2.45, 2.75) is 39.5 Å². The second-order valence-electron chi connectivity index (χ2n) is 5.62. The maximum absolute atomic E-state index is 7.61. The Balaban J connectivity index is 2.23. The second-order valence-corrected chi connectivity index (χ2v) is 5.62. The van der Waals surface area contributed by atoms with Gasteiger partial charge in [-0.3, -0.25) is 5.41 Å². The summed E-state index contributed by atoms with van der Waals surface area (Å²) in [5.41, 5.74) is 6.64. The highest BCUT2D eigenvalue weighted by Crippen LogP contribution is 2.23. The largest absolute Gasteiger partial charge is 0.387 e. The summed E-state index contributed by atoms with van der Waals surface area (Å²) in [5, 5.41) is 7.61. The van der Waals surface area contributed by atoms with E-state index in [4.69, 9.17) is 11.1 Å². The number of nitrogens with zero attached hydrogens (tertiary/aromatic N) is 3. The molecular weight excluding hydrogens is 238 g/mol. The van der Waals surface area contributed by atoms with E-state index in [1.165, 1.54) is 0 Å². The summed E-state index contributed by atoms with van der Waals surface area (Å²) in [7, 11) is 0. The van der Waals surface area contributed by atoms with Crippen LogP contribution in [0.1, 0.15) is 44.1 Å². The van der Waals surface area contributed by atoms with Gasteiger partial charge in [-0.15, -0.1) is 0 Å². The molecule has 0 bridgehead atoms. The summed E-state index contributed by atoms with van der Waals surface area (Å²) in [6, 6.07) is 2.02. The average Bonchev–Trinajstić information content (AvgIpc) is 2.38. The zero-order chi connectivity index (χ0) is 14.0. The van der Waals surface area contributed by atoms with E-state index in [1.807, 2.05) is 13.0 Å². The first-order valence-corrected chi connectivity index (χ1v) is 6.92. The van der Waals surface area contributed by atoms with E-state index in [-0.39, 0.29) is 5.92 Å². The third-order valence-corrected chi connectivity index (χ3v) is 3.56. The van der Waals surface area contributed by atoms with Crippen LogP contribution in [0.3, 0.4) is 0 Å². The van der Waals surface area contributed by atoms with Crippen LogP contribution >= 0.6 is 0 Å². The minimum atomic E-state index is 0.159. The molecule has 1 aliphatic heterocycles. The molecular formula is C14H23N5. The zero-order valence-corrected chi connectivity index (χ0v) is 12.0. The summed E-state index contributed by atoms with van der Waals surface area (Å²) < 4.78 is 0. The molecule has 0 radical (unpaired) electrons. The van der Waals surface area contributed by atoms with Crippen molar-refractivity contribution >= 4 is 11.7 Å². The first-order valence-electron chi connectivity index (χ1n) is 6.92. The van der Waals surface area contributed by atoms with Gasteiger partial charge in [0.2, 0.25) is 0 Å². The Morgan fingerprint density at radius 1 is 1.47 bits per heavy atom. The van der Waals surface area contributed by atoms with Crippen molar-refractivity contribution in [2.75, 3.05) is 18.0 Å². The Morgan fingerprint density at radius 3 is 2.84 bits per heavy atom. The van der Waals surface area contributed by atoms with Gasteiger partial charge in [-0.25, -0.2) is 9.97 Å². The van der Waals surface area contributed by atoms with Crippen LogP contribution in [0.4, 0.5) is 5.82 Å². The van der Waals surface area contributed by atoms with Crippen molar-refractivity contribution in [2.24, 2.45) is 11.7 Å². The van der Waals surface area contributed by atoms with Gasteiger partial charge in [-0.05, 0) is 19.8 Å². The van der Waals surface area contributed by atoms with Gasteiger partial charge in [-0.2, -0.15) is 0 Å². The lowest BCUT2D eigenvalue weighted by Gasteiger charge is -2.33. The van der Waals surface area contributed by atoms with Crippen molar-refractivity contribution in [1.29, 1.82) is 5.41 Å². The number of aryl methyl sites for hydroxylation is 1. The first kappa shape index (κ1) is 13.8. The highest BCUT2D eigenvalue weighted by atomic mass is 15.2. The summed E-state index contributed by atoms with van der Waals surface area (Å²) in [4.78, 5) is 11.4. The van der Waals surface area contributed by atoms with Crippen molar-refractivity contribution in [3.63, 3.8) is 0 Å². The molecule has 0 aromatic carbocycles. The quantitative estimate of drug-likeness (QED) is 0.645. The molecule has 5 nitrogen and oxygen atoms in total. The van der Waals surface area contributed by atoms with Crippen LogP contribution in [0.15, 0.2) is 6.07 Å². The van der Waals surface area contributed by atoms with E-state index in [1.54, 1.807) is 0 Å². The highest BCUT2D eigenvalue weighted by molar-refractivity contribution is 5.80. The number of rotatable bonds is 3. The van der Waals surface area contributed by atoms with Crippen LogP contribution in [0.5, 0.6) is 0 Å². The molecule has 0 spiro atoms. The van der Waals surface area contributed by atoms with Gasteiger partial charge in [0.25, 0.3) is 0 Å². The second kappa shape index (κ2) is 5.55. The minimum Gasteiger partial charge on any atom is -0.387 e. The van der Waals surface area contributed by atoms with E-state index < -0.39 is 0 Å². The Hall–Kier alpha value is -1.65. The zero-order valence-electron chi connectivity index (χ0n) is 12.0. The van der Waals surface area contributed by atoms with Crippen molar-refractivity contribution in [1.82, 2.24) is 9.97 Å². The molecule has 1 unspecified atom stereocenters. The summed E-state index contributed by atoms with van der Waals surface area (Å²) >= 11 is 0. The molecule has 1 aromatic rings. The first-order chi connectivity index (χ1) is 8.97. The van der Waals surface area contributed by atoms with Gasteiger partial charge in [0.05, 0.1) is 5.84 Å². The Kier molecular flexibility index (Phi) is 4.02. The van der Waals surface area contributed by atoms with E-state index in [2.05, 4.69) is 28.7 Å². The smallest absolute Gasteiger partial charge is 0.133 e. The predicted molar refractivity (Wildman–Crippen MR) is 77.7 cm³/mol. The SMILES string of the molecule is Cc1cc(N2CCCC(C(=N)N)C2)nc(C(C)C)n1. The number of amidine groups is 1. The number of nitrogens with one attached hydrogen (secondary N) is 1. The molecule has 2 rings (SSSR count). The molecule has 3 N–H and O–H groups in total. The number of aromatic nitrogens is 2. The Morgan fingerprint density at radius 2 is 2.21 bits per heavy atom. The van der Waals surface area contributed by atoms with Gasteiger partial charge in [0, 0.05) is 36.7 Å². The summed E-state index contributed by atoms with van der Waals surface area (Å²) in [6.07, 6.45) is 2.07. The van der Waals surface area contributed by atoms with Crippen LogP contribution in [-0.2, 0) is 0 Å². The van der Waals surface area contributed by atoms with E-state index in [0.717, 1.165) is 43.3 Å². The van der Waals surface area contributed by atoms with Crippen molar-refractivity contribution in [3.8, 4) is 0 Å². The van der Waals surface area contributed by atoms with E-state index >= 15 is 0 Å². The number of nitrogens with two attached hydrogens (primary N) is 1. The van der Waals surface area contributed by atoms with Gasteiger partial charge in [0.1, 0.15) is 11.6 Å². The predicted octanol–water partition coefficient (Wildman–Crippen LogP) is 2.06. The molecule has 1 atom stereocenters. The third kappa shape index (κ3) is 3.22. The number of hydrogen-bond acceptors (Lipinski definition) is 4. The van der Waals surface area contributed by atoms with Crippen molar-refractivity contribution < 1.29 is 0 Å². The molecule has 1 aliphatic rings. The lowest BCUT2D eigenvalue weighted by Crippen LogP contribution is -2.41. The molecule has 0 amide bonds. The summed E-state index contributed by atoms with van der Waals surface area (Å²) in [5.74, 6) is 2.64.